The summed E-state index contributed by atoms with van der Waals surface area (Å²) in [5.74, 6) is 0. The van der Waals surface area contributed by atoms with Crippen LogP contribution in [0.15, 0.2) is 0 Å². The van der Waals surface area contributed by atoms with E-state index in [4.69, 9.17) is 0 Å². The van der Waals surface area contributed by atoms with Crippen LogP contribution in [0.25, 0.3) is 0 Å². The van der Waals surface area contributed by atoms with Crippen molar-refractivity contribution >= 4 is 0 Å². The fourth-order valence-electron chi connectivity index (χ4n) is 2.39. The Bertz CT molecular complexity index is 227. The summed E-state index contributed by atoms with van der Waals surface area (Å²) in [6, 6.07) is 0.577. The van der Waals surface area contributed by atoms with Crippen molar-refractivity contribution in [3.05, 3.63) is 0 Å². The number of halogens is 3. The normalized spacial score (nSPS) is 28.0. The van der Waals surface area contributed by atoms with E-state index in [-0.39, 0.29) is 12.8 Å². The molecule has 0 aromatic carbocycles. The lowest BCUT2D eigenvalue weighted by Crippen LogP contribution is -2.61. The second kappa shape index (κ2) is 3.63. The van der Waals surface area contributed by atoms with Gasteiger partial charge in [-0.05, 0) is 32.7 Å². The Morgan fingerprint density at radius 2 is 1.73 bits per heavy atom. The van der Waals surface area contributed by atoms with Crippen LogP contribution in [-0.2, 0) is 0 Å². The first-order valence-corrected chi connectivity index (χ1v) is 5.48. The summed E-state index contributed by atoms with van der Waals surface area (Å²) in [6.45, 7) is 1.15. The molecule has 0 spiro atoms. The van der Waals surface area contributed by atoms with Crippen molar-refractivity contribution in [1.29, 1.82) is 0 Å². The van der Waals surface area contributed by atoms with E-state index < -0.39 is 11.7 Å². The largest absolute Gasteiger partial charge is 0.406 e. The summed E-state index contributed by atoms with van der Waals surface area (Å²) >= 11 is 0. The van der Waals surface area contributed by atoms with Crippen molar-refractivity contribution in [2.24, 2.45) is 0 Å². The molecule has 2 rings (SSSR count). The standard InChI is InChI=1S/C10H17F3N2/c1-14-9(10(11,12)13)4-6-15(7-5-9)8-2-3-8/h8,14H,2-7H2,1H3. The Balaban J connectivity index is 1.99. The molecule has 0 aromatic rings. The number of hydrogen-bond donors (Lipinski definition) is 1. The third-order valence-electron chi connectivity index (χ3n) is 3.74. The maximum atomic E-state index is 12.9. The Labute approximate surface area is 87.8 Å². The molecule has 2 aliphatic rings. The second-order valence-corrected chi connectivity index (χ2v) is 4.60. The van der Waals surface area contributed by atoms with Gasteiger partial charge >= 0.3 is 6.18 Å². The molecule has 0 amide bonds. The van der Waals surface area contributed by atoms with Gasteiger partial charge < -0.3 is 10.2 Å². The molecule has 0 bridgehead atoms. The van der Waals surface area contributed by atoms with E-state index in [0.717, 1.165) is 0 Å². The number of hydrogen-bond acceptors (Lipinski definition) is 2. The van der Waals surface area contributed by atoms with Crippen molar-refractivity contribution in [2.75, 3.05) is 20.1 Å². The first-order chi connectivity index (χ1) is 6.98. The molecule has 0 radical (unpaired) electrons. The fraction of sp³-hybridized carbons (Fsp3) is 1.00. The average Bonchev–Trinajstić information content (AvgIpc) is 2.99. The SMILES string of the molecule is CNC1(C(F)(F)F)CCN(C2CC2)CC1. The zero-order chi connectivity index (χ0) is 11.1. The third-order valence-corrected chi connectivity index (χ3v) is 3.74. The van der Waals surface area contributed by atoms with Crippen LogP contribution in [0, 0.1) is 0 Å². The lowest BCUT2D eigenvalue weighted by Gasteiger charge is -2.42. The lowest BCUT2D eigenvalue weighted by atomic mass is 9.87. The van der Waals surface area contributed by atoms with Crippen molar-refractivity contribution in [3.8, 4) is 0 Å². The molecule has 88 valence electrons. The minimum atomic E-state index is -4.13. The number of alkyl halides is 3. The molecule has 1 saturated heterocycles. The minimum absolute atomic E-state index is 0.184. The van der Waals surface area contributed by atoms with Gasteiger partial charge in [0.05, 0.1) is 0 Å². The monoisotopic (exact) mass is 222 g/mol. The smallest absolute Gasteiger partial charge is 0.307 e. The number of nitrogens with one attached hydrogen (secondary N) is 1. The van der Waals surface area contributed by atoms with E-state index in [1.54, 1.807) is 0 Å². The van der Waals surface area contributed by atoms with Gasteiger partial charge in [0.2, 0.25) is 0 Å². The number of likely N-dealkylation sites (tertiary alicyclic amines) is 1. The lowest BCUT2D eigenvalue weighted by molar-refractivity contribution is -0.207. The highest BCUT2D eigenvalue weighted by Crippen LogP contribution is 2.40. The molecule has 1 heterocycles. The van der Waals surface area contributed by atoms with Crippen molar-refractivity contribution < 1.29 is 13.2 Å². The topological polar surface area (TPSA) is 15.3 Å². The number of piperidine rings is 1. The second-order valence-electron chi connectivity index (χ2n) is 4.60. The molecule has 15 heavy (non-hydrogen) atoms. The van der Waals surface area contributed by atoms with Gasteiger partial charge in [0.15, 0.2) is 0 Å². The molecule has 0 atom stereocenters. The first-order valence-electron chi connectivity index (χ1n) is 5.48. The van der Waals surface area contributed by atoms with E-state index in [1.165, 1.54) is 19.9 Å². The molecule has 0 aromatic heterocycles. The average molecular weight is 222 g/mol. The van der Waals surface area contributed by atoms with E-state index in [9.17, 15) is 13.2 Å². The highest BCUT2D eigenvalue weighted by Gasteiger charge is 2.55. The zero-order valence-electron chi connectivity index (χ0n) is 8.90. The molecule has 2 nitrogen and oxygen atoms in total. The maximum Gasteiger partial charge on any atom is 0.406 e. The summed E-state index contributed by atoms with van der Waals surface area (Å²) in [6.07, 6.45) is -1.43. The summed E-state index contributed by atoms with van der Waals surface area (Å²) in [7, 11) is 1.42. The third kappa shape index (κ3) is 1.99. The molecular formula is C10H17F3N2. The van der Waals surface area contributed by atoms with Crippen LogP contribution in [-0.4, -0.2) is 42.8 Å². The predicted octanol–water partition coefficient (Wildman–Crippen LogP) is 1.77. The van der Waals surface area contributed by atoms with Crippen LogP contribution in [0.4, 0.5) is 13.2 Å². The number of nitrogens with zero attached hydrogens (tertiary/aromatic N) is 1. The predicted molar refractivity (Wildman–Crippen MR) is 51.7 cm³/mol. The van der Waals surface area contributed by atoms with Crippen LogP contribution in [0.5, 0.6) is 0 Å². The van der Waals surface area contributed by atoms with Crippen LogP contribution < -0.4 is 5.32 Å². The summed E-state index contributed by atoms with van der Waals surface area (Å²) in [5.41, 5.74) is -1.64. The van der Waals surface area contributed by atoms with Crippen LogP contribution >= 0.6 is 0 Å². The molecule has 1 N–H and O–H groups in total. The Morgan fingerprint density at radius 1 is 1.20 bits per heavy atom. The molecule has 1 saturated carbocycles. The van der Waals surface area contributed by atoms with E-state index in [1.807, 2.05) is 0 Å². The minimum Gasteiger partial charge on any atom is -0.307 e. The Kier molecular flexibility index (Phi) is 2.71. The summed E-state index contributed by atoms with van der Waals surface area (Å²) in [5, 5.41) is 2.49. The van der Waals surface area contributed by atoms with E-state index in [2.05, 4.69) is 10.2 Å². The van der Waals surface area contributed by atoms with Gasteiger partial charge in [-0.1, -0.05) is 0 Å². The number of rotatable bonds is 2. The van der Waals surface area contributed by atoms with Crippen LogP contribution in [0.2, 0.25) is 0 Å². The van der Waals surface area contributed by atoms with Crippen LogP contribution in [0.1, 0.15) is 25.7 Å². The van der Waals surface area contributed by atoms with Crippen molar-refractivity contribution in [3.63, 3.8) is 0 Å². The molecule has 1 aliphatic heterocycles. The van der Waals surface area contributed by atoms with Gasteiger partial charge in [-0.25, -0.2) is 0 Å². The fourth-order valence-corrected chi connectivity index (χ4v) is 2.39. The van der Waals surface area contributed by atoms with Crippen molar-refractivity contribution in [2.45, 2.75) is 43.4 Å². The van der Waals surface area contributed by atoms with Gasteiger partial charge in [-0.2, -0.15) is 13.2 Å². The molecule has 0 unspecified atom stereocenters. The molecular weight excluding hydrogens is 205 g/mol. The highest BCUT2D eigenvalue weighted by molar-refractivity contribution is 5.00. The Hall–Kier alpha value is -0.290. The Morgan fingerprint density at radius 3 is 2.07 bits per heavy atom. The van der Waals surface area contributed by atoms with Crippen molar-refractivity contribution in [1.82, 2.24) is 10.2 Å². The van der Waals surface area contributed by atoms with Gasteiger partial charge in [-0.15, -0.1) is 0 Å². The maximum absolute atomic E-state index is 12.9. The summed E-state index contributed by atoms with van der Waals surface area (Å²) < 4.78 is 38.6. The quantitative estimate of drug-likeness (QED) is 0.766. The van der Waals surface area contributed by atoms with Crippen LogP contribution in [0.3, 0.4) is 0 Å². The molecule has 5 heteroatoms. The zero-order valence-corrected chi connectivity index (χ0v) is 8.90. The van der Waals surface area contributed by atoms with Gasteiger partial charge in [-0.3, -0.25) is 0 Å². The van der Waals surface area contributed by atoms with Gasteiger partial charge in [0.25, 0.3) is 0 Å². The van der Waals surface area contributed by atoms with Gasteiger partial charge in [0.1, 0.15) is 5.54 Å². The highest BCUT2D eigenvalue weighted by atomic mass is 19.4. The molecule has 2 fully saturated rings. The summed E-state index contributed by atoms with van der Waals surface area (Å²) in [4.78, 5) is 2.20. The van der Waals surface area contributed by atoms with E-state index in [0.29, 0.717) is 19.1 Å². The molecule has 1 aliphatic carbocycles. The van der Waals surface area contributed by atoms with Gasteiger partial charge in [0, 0.05) is 19.1 Å². The van der Waals surface area contributed by atoms with E-state index >= 15 is 0 Å². The first kappa shape index (κ1) is 11.2.